The molecule has 0 spiro atoms. The van der Waals surface area contributed by atoms with Crippen LogP contribution in [0.2, 0.25) is 10.0 Å². The minimum atomic E-state index is -0.388. The Kier molecular flexibility index (Phi) is 9.53. The molecule has 196 valence electrons. The van der Waals surface area contributed by atoms with Gasteiger partial charge in [0.15, 0.2) is 11.0 Å². The molecule has 0 saturated heterocycles. The number of carbonyl (C=O) groups excluding carboxylic acids is 2. The molecule has 0 saturated carbocycles. The van der Waals surface area contributed by atoms with Crippen LogP contribution in [0.3, 0.4) is 0 Å². The van der Waals surface area contributed by atoms with Gasteiger partial charge in [0.1, 0.15) is 17.4 Å². The minimum Gasteiger partial charge on any atom is -0.484 e. The predicted octanol–water partition coefficient (Wildman–Crippen LogP) is 6.20. The van der Waals surface area contributed by atoms with Crippen LogP contribution in [0.4, 0.5) is 5.00 Å². The molecule has 1 aliphatic rings. The van der Waals surface area contributed by atoms with Crippen molar-refractivity contribution in [2.75, 3.05) is 17.7 Å². The van der Waals surface area contributed by atoms with E-state index in [0.717, 1.165) is 36.1 Å². The summed E-state index contributed by atoms with van der Waals surface area (Å²) in [6, 6.07) is 4.98. The zero-order valence-electron chi connectivity index (χ0n) is 20.2. The number of carbonyl (C=O) groups is 2. The maximum absolute atomic E-state index is 12.9. The summed E-state index contributed by atoms with van der Waals surface area (Å²) in [4.78, 5) is 26.7. The van der Waals surface area contributed by atoms with E-state index in [4.69, 9.17) is 32.7 Å². The standard InChI is InChI=1S/C25H26Cl2N4O4S2/c1-3-11-31-20(13-35-18-10-9-15(26)12-17(18)27)29-30-25(31)36-14-21(32)28-23-22(24(33)34-4-2)16-7-5-6-8-19(16)37-23/h3,9-10,12H,1,4-8,11,13-14H2,2H3,(H,28,32). The van der Waals surface area contributed by atoms with Crippen LogP contribution in [0.1, 0.15) is 46.4 Å². The van der Waals surface area contributed by atoms with Gasteiger partial charge >= 0.3 is 5.97 Å². The Bertz CT molecular complexity index is 1310. The number of thiophene rings is 1. The van der Waals surface area contributed by atoms with Crippen molar-refractivity contribution < 1.29 is 19.1 Å². The Hall–Kier alpha value is -2.53. The number of anilines is 1. The molecule has 2 aromatic heterocycles. The Morgan fingerprint density at radius 2 is 2.08 bits per heavy atom. The number of benzene rings is 1. The van der Waals surface area contributed by atoms with Crippen molar-refractivity contribution in [1.29, 1.82) is 0 Å². The Morgan fingerprint density at radius 3 is 2.84 bits per heavy atom. The Morgan fingerprint density at radius 1 is 1.27 bits per heavy atom. The maximum Gasteiger partial charge on any atom is 0.341 e. The summed E-state index contributed by atoms with van der Waals surface area (Å²) in [6.45, 7) is 6.41. The molecular formula is C25H26Cl2N4O4S2. The first-order chi connectivity index (χ1) is 17.9. The van der Waals surface area contributed by atoms with Gasteiger partial charge in [0.25, 0.3) is 0 Å². The van der Waals surface area contributed by atoms with E-state index in [1.807, 2.05) is 4.57 Å². The van der Waals surface area contributed by atoms with Gasteiger partial charge in [-0.05, 0) is 56.4 Å². The molecule has 0 fully saturated rings. The third-order valence-corrected chi connectivity index (χ3v) is 8.30. The van der Waals surface area contributed by atoms with E-state index in [9.17, 15) is 9.59 Å². The van der Waals surface area contributed by atoms with Crippen LogP contribution >= 0.6 is 46.3 Å². The lowest BCUT2D eigenvalue weighted by molar-refractivity contribution is -0.113. The van der Waals surface area contributed by atoms with Crippen molar-refractivity contribution in [2.45, 2.75) is 50.9 Å². The normalized spacial score (nSPS) is 12.6. The average Bonchev–Trinajstić information content (AvgIpc) is 3.43. The van der Waals surface area contributed by atoms with Crippen molar-refractivity contribution in [3.8, 4) is 5.75 Å². The number of hydrogen-bond acceptors (Lipinski definition) is 8. The van der Waals surface area contributed by atoms with Crippen LogP contribution in [0.15, 0.2) is 36.0 Å². The molecule has 12 heteroatoms. The van der Waals surface area contributed by atoms with Gasteiger partial charge in [0, 0.05) is 16.4 Å². The quantitative estimate of drug-likeness (QED) is 0.164. The van der Waals surface area contributed by atoms with Crippen LogP contribution in [0.5, 0.6) is 5.75 Å². The minimum absolute atomic E-state index is 0.0873. The van der Waals surface area contributed by atoms with E-state index in [1.54, 1.807) is 31.2 Å². The smallest absolute Gasteiger partial charge is 0.341 e. The molecule has 2 heterocycles. The van der Waals surface area contributed by atoms with Crippen LogP contribution < -0.4 is 10.1 Å². The second kappa shape index (κ2) is 12.8. The summed E-state index contributed by atoms with van der Waals surface area (Å²) in [5.41, 5.74) is 1.50. The van der Waals surface area contributed by atoms with Gasteiger partial charge in [0.2, 0.25) is 5.91 Å². The van der Waals surface area contributed by atoms with Crippen LogP contribution in [-0.2, 0) is 35.5 Å². The Balaban J connectivity index is 1.43. The van der Waals surface area contributed by atoms with Gasteiger partial charge in [0.05, 0.1) is 22.9 Å². The number of nitrogens with one attached hydrogen (secondary N) is 1. The maximum atomic E-state index is 12.9. The molecule has 1 amide bonds. The lowest BCUT2D eigenvalue weighted by atomic mass is 9.95. The fourth-order valence-corrected chi connectivity index (χ4v) is 6.47. The first-order valence-electron chi connectivity index (χ1n) is 11.8. The summed E-state index contributed by atoms with van der Waals surface area (Å²) in [5, 5.41) is 13.4. The number of amides is 1. The van der Waals surface area contributed by atoms with Crippen molar-refractivity contribution >= 4 is 63.2 Å². The number of esters is 1. The molecular weight excluding hydrogens is 555 g/mol. The topological polar surface area (TPSA) is 95.3 Å². The SMILES string of the molecule is C=CCn1c(COc2ccc(Cl)cc2Cl)nnc1SCC(=O)Nc1sc2c(c1C(=O)OCC)CCCC2. The number of halogens is 2. The first kappa shape index (κ1) is 27.5. The van der Waals surface area contributed by atoms with Crippen molar-refractivity contribution in [2.24, 2.45) is 0 Å². The summed E-state index contributed by atoms with van der Waals surface area (Å²) >= 11 is 14.8. The monoisotopic (exact) mass is 580 g/mol. The molecule has 1 N–H and O–H groups in total. The van der Waals surface area contributed by atoms with Crippen molar-refractivity contribution in [3.63, 3.8) is 0 Å². The summed E-state index contributed by atoms with van der Waals surface area (Å²) in [5.74, 6) is 0.492. The average molecular weight is 582 g/mol. The number of rotatable bonds is 11. The van der Waals surface area contributed by atoms with Gasteiger partial charge in [-0.3, -0.25) is 9.36 Å². The zero-order valence-corrected chi connectivity index (χ0v) is 23.4. The zero-order chi connectivity index (χ0) is 26.4. The lowest BCUT2D eigenvalue weighted by Gasteiger charge is -2.12. The largest absolute Gasteiger partial charge is 0.484 e. The van der Waals surface area contributed by atoms with E-state index in [-0.39, 0.29) is 30.8 Å². The second-order valence-corrected chi connectivity index (χ2v) is 11.0. The van der Waals surface area contributed by atoms with Gasteiger partial charge in [-0.1, -0.05) is 41.0 Å². The highest BCUT2D eigenvalue weighted by Gasteiger charge is 2.27. The molecule has 37 heavy (non-hydrogen) atoms. The van der Waals surface area contributed by atoms with Crippen molar-refractivity contribution in [3.05, 3.63) is 62.7 Å². The van der Waals surface area contributed by atoms with E-state index in [0.29, 0.717) is 43.9 Å². The van der Waals surface area contributed by atoms with E-state index >= 15 is 0 Å². The van der Waals surface area contributed by atoms with Gasteiger partial charge in [-0.2, -0.15) is 0 Å². The number of aromatic nitrogens is 3. The number of allylic oxidation sites excluding steroid dienone is 1. The summed E-state index contributed by atoms with van der Waals surface area (Å²) in [7, 11) is 0. The van der Waals surface area contributed by atoms with Crippen LogP contribution in [0.25, 0.3) is 0 Å². The number of thioether (sulfide) groups is 1. The number of fused-ring (bicyclic) bond motifs is 1. The van der Waals surface area contributed by atoms with Gasteiger partial charge < -0.3 is 14.8 Å². The molecule has 8 nitrogen and oxygen atoms in total. The fraction of sp³-hybridized carbons (Fsp3) is 0.360. The van der Waals surface area contributed by atoms with E-state index in [2.05, 4.69) is 22.1 Å². The molecule has 0 aliphatic heterocycles. The van der Waals surface area contributed by atoms with Crippen molar-refractivity contribution in [1.82, 2.24) is 14.8 Å². The molecule has 1 aromatic carbocycles. The highest BCUT2D eigenvalue weighted by atomic mass is 35.5. The fourth-order valence-electron chi connectivity index (χ4n) is 3.95. The molecule has 0 atom stereocenters. The van der Waals surface area contributed by atoms with Gasteiger partial charge in [-0.15, -0.1) is 28.1 Å². The second-order valence-electron chi connectivity index (χ2n) is 8.13. The molecule has 0 radical (unpaired) electrons. The number of hydrogen-bond donors (Lipinski definition) is 1. The molecule has 1 aliphatic carbocycles. The van der Waals surface area contributed by atoms with Gasteiger partial charge in [-0.25, -0.2) is 4.79 Å². The van der Waals surface area contributed by atoms with Crippen LogP contribution in [-0.4, -0.2) is 39.0 Å². The summed E-state index contributed by atoms with van der Waals surface area (Å²) < 4.78 is 12.9. The third-order valence-electron chi connectivity index (χ3n) is 5.59. The highest BCUT2D eigenvalue weighted by Crippen LogP contribution is 2.38. The molecule has 3 aromatic rings. The van der Waals surface area contributed by atoms with E-state index in [1.165, 1.54) is 23.1 Å². The van der Waals surface area contributed by atoms with E-state index < -0.39 is 0 Å². The number of nitrogens with zero attached hydrogens (tertiary/aromatic N) is 3. The number of aryl methyl sites for hydroxylation is 1. The van der Waals surface area contributed by atoms with Crippen LogP contribution in [0, 0.1) is 0 Å². The molecule has 0 unspecified atom stereocenters. The molecule has 0 bridgehead atoms. The molecule has 4 rings (SSSR count). The highest BCUT2D eigenvalue weighted by molar-refractivity contribution is 7.99. The predicted molar refractivity (Wildman–Crippen MR) is 147 cm³/mol. The lowest BCUT2D eigenvalue weighted by Crippen LogP contribution is -2.17. The summed E-state index contributed by atoms with van der Waals surface area (Å²) in [6.07, 6.45) is 5.55. The number of ether oxygens (including phenoxy) is 2. The Labute approximate surface area is 233 Å². The first-order valence-corrected chi connectivity index (χ1v) is 14.3. The third kappa shape index (κ3) is 6.67.